The minimum atomic E-state index is 0.259. The molecule has 2 atom stereocenters. The summed E-state index contributed by atoms with van der Waals surface area (Å²) < 4.78 is 10.5. The van der Waals surface area contributed by atoms with Crippen LogP contribution in [0.3, 0.4) is 0 Å². The molecule has 0 aromatic heterocycles. The lowest BCUT2D eigenvalue weighted by atomic mass is 10.2. The zero-order chi connectivity index (χ0) is 7.56. The number of ether oxygens (including phenoxy) is 2. The van der Waals surface area contributed by atoms with Crippen molar-refractivity contribution in [2.24, 2.45) is 0 Å². The highest BCUT2D eigenvalue weighted by Gasteiger charge is 2.29. The molecule has 0 amide bonds. The summed E-state index contributed by atoms with van der Waals surface area (Å²) in [6.07, 6.45) is 0.259. The Balaban J connectivity index is 2.42. The van der Waals surface area contributed by atoms with Gasteiger partial charge < -0.3 is 14.4 Å². The van der Waals surface area contributed by atoms with Crippen molar-refractivity contribution in [2.45, 2.75) is 12.1 Å². The molecule has 1 fully saturated rings. The number of hydrogen-bond acceptors (Lipinski definition) is 3. The lowest BCUT2D eigenvalue weighted by Gasteiger charge is -2.22. The molecule has 3 nitrogen and oxygen atoms in total. The zero-order valence-electron chi connectivity index (χ0n) is 6.83. The highest BCUT2D eigenvalue weighted by Crippen LogP contribution is 2.12. The van der Waals surface area contributed by atoms with E-state index in [4.69, 9.17) is 9.47 Å². The van der Waals surface area contributed by atoms with Gasteiger partial charge in [0.1, 0.15) is 0 Å². The van der Waals surface area contributed by atoms with Crippen LogP contribution in [0.15, 0.2) is 0 Å². The molecule has 0 N–H and O–H groups in total. The monoisotopic (exact) mass is 145 g/mol. The van der Waals surface area contributed by atoms with Crippen molar-refractivity contribution in [1.82, 2.24) is 4.90 Å². The first kappa shape index (κ1) is 7.98. The van der Waals surface area contributed by atoms with Gasteiger partial charge in [-0.25, -0.2) is 0 Å². The smallest absolute Gasteiger partial charge is 0.0981 e. The van der Waals surface area contributed by atoms with Crippen LogP contribution in [0, 0.1) is 0 Å². The molecule has 60 valence electrons. The molecule has 0 bridgehead atoms. The van der Waals surface area contributed by atoms with E-state index in [1.807, 2.05) is 14.1 Å². The van der Waals surface area contributed by atoms with E-state index >= 15 is 0 Å². The molecule has 0 aromatic rings. The molecule has 0 spiro atoms. The third kappa shape index (κ3) is 1.48. The van der Waals surface area contributed by atoms with Crippen LogP contribution < -0.4 is 0 Å². The Morgan fingerprint density at radius 3 is 2.50 bits per heavy atom. The van der Waals surface area contributed by atoms with Crippen LogP contribution in [-0.2, 0) is 9.47 Å². The van der Waals surface area contributed by atoms with Crippen molar-refractivity contribution < 1.29 is 9.47 Å². The first-order chi connectivity index (χ1) is 4.75. The Morgan fingerprint density at radius 2 is 2.10 bits per heavy atom. The summed E-state index contributed by atoms with van der Waals surface area (Å²) in [5, 5.41) is 0. The van der Waals surface area contributed by atoms with Crippen LogP contribution in [-0.4, -0.2) is 51.5 Å². The molecule has 1 saturated heterocycles. The average molecular weight is 145 g/mol. The number of nitrogens with zero attached hydrogens (tertiary/aromatic N) is 1. The maximum atomic E-state index is 5.26. The SMILES string of the molecule is COC1COCC1N(C)C. The Bertz CT molecular complexity index is 106. The van der Waals surface area contributed by atoms with Crippen molar-refractivity contribution >= 4 is 0 Å². The van der Waals surface area contributed by atoms with Gasteiger partial charge in [-0.3, -0.25) is 0 Å². The number of rotatable bonds is 2. The zero-order valence-corrected chi connectivity index (χ0v) is 6.83. The van der Waals surface area contributed by atoms with Gasteiger partial charge in [0.2, 0.25) is 0 Å². The molecule has 1 heterocycles. The third-order valence-corrected chi connectivity index (χ3v) is 1.97. The van der Waals surface area contributed by atoms with Gasteiger partial charge in [0, 0.05) is 7.11 Å². The molecule has 2 unspecified atom stereocenters. The van der Waals surface area contributed by atoms with E-state index in [-0.39, 0.29) is 6.10 Å². The molecule has 10 heavy (non-hydrogen) atoms. The summed E-state index contributed by atoms with van der Waals surface area (Å²) in [5.74, 6) is 0. The second-order valence-electron chi connectivity index (χ2n) is 2.84. The van der Waals surface area contributed by atoms with Crippen LogP contribution in [0.4, 0.5) is 0 Å². The van der Waals surface area contributed by atoms with E-state index in [1.54, 1.807) is 7.11 Å². The second kappa shape index (κ2) is 3.32. The van der Waals surface area contributed by atoms with Crippen LogP contribution in [0.1, 0.15) is 0 Å². The first-order valence-corrected chi connectivity index (χ1v) is 3.52. The molecule has 0 saturated carbocycles. The fraction of sp³-hybridized carbons (Fsp3) is 1.00. The lowest BCUT2D eigenvalue weighted by molar-refractivity contribution is 0.0553. The maximum Gasteiger partial charge on any atom is 0.0981 e. The highest BCUT2D eigenvalue weighted by molar-refractivity contribution is 4.81. The molecule has 3 heteroatoms. The van der Waals surface area contributed by atoms with E-state index in [9.17, 15) is 0 Å². The Hall–Kier alpha value is -0.120. The van der Waals surface area contributed by atoms with E-state index in [1.165, 1.54) is 0 Å². The molecule has 0 radical (unpaired) electrons. The van der Waals surface area contributed by atoms with Gasteiger partial charge in [-0.15, -0.1) is 0 Å². The number of likely N-dealkylation sites (N-methyl/N-ethyl adjacent to an activating group) is 1. The summed E-state index contributed by atoms with van der Waals surface area (Å²) in [6.45, 7) is 1.53. The third-order valence-electron chi connectivity index (χ3n) is 1.97. The molecular formula is C7H15NO2. The quantitative estimate of drug-likeness (QED) is 0.544. The molecule has 1 aliphatic heterocycles. The van der Waals surface area contributed by atoms with Gasteiger partial charge in [-0.1, -0.05) is 0 Å². The fourth-order valence-corrected chi connectivity index (χ4v) is 1.23. The Morgan fingerprint density at radius 1 is 1.40 bits per heavy atom. The van der Waals surface area contributed by atoms with Gasteiger partial charge in [-0.05, 0) is 14.1 Å². The van der Waals surface area contributed by atoms with Gasteiger partial charge in [0.25, 0.3) is 0 Å². The minimum Gasteiger partial charge on any atom is -0.377 e. The normalized spacial score (nSPS) is 33.6. The Labute approximate surface area is 61.9 Å². The predicted molar refractivity (Wildman–Crippen MR) is 39.1 cm³/mol. The fourth-order valence-electron chi connectivity index (χ4n) is 1.23. The maximum absolute atomic E-state index is 5.26. The topological polar surface area (TPSA) is 21.7 Å². The number of hydrogen-bond donors (Lipinski definition) is 0. The molecule has 1 rings (SSSR count). The minimum absolute atomic E-state index is 0.259. The summed E-state index contributed by atoms with van der Waals surface area (Å²) in [6, 6.07) is 0.435. The van der Waals surface area contributed by atoms with Gasteiger partial charge >= 0.3 is 0 Å². The van der Waals surface area contributed by atoms with Crippen molar-refractivity contribution in [3.8, 4) is 0 Å². The highest BCUT2D eigenvalue weighted by atomic mass is 16.5. The first-order valence-electron chi connectivity index (χ1n) is 3.52. The Kier molecular flexibility index (Phi) is 2.65. The standard InChI is InChI=1S/C7H15NO2/c1-8(2)6-4-10-5-7(6)9-3/h6-7H,4-5H2,1-3H3. The van der Waals surface area contributed by atoms with E-state index < -0.39 is 0 Å². The second-order valence-corrected chi connectivity index (χ2v) is 2.84. The summed E-state index contributed by atoms with van der Waals surface area (Å²) in [7, 11) is 5.83. The van der Waals surface area contributed by atoms with Crippen LogP contribution in [0.25, 0.3) is 0 Å². The van der Waals surface area contributed by atoms with Crippen LogP contribution in [0.5, 0.6) is 0 Å². The lowest BCUT2D eigenvalue weighted by Crippen LogP contribution is -2.38. The molecular weight excluding hydrogens is 130 g/mol. The van der Waals surface area contributed by atoms with Gasteiger partial charge in [0.05, 0.1) is 25.4 Å². The molecule has 1 aliphatic rings. The van der Waals surface area contributed by atoms with Gasteiger partial charge in [-0.2, -0.15) is 0 Å². The van der Waals surface area contributed by atoms with Crippen molar-refractivity contribution in [2.75, 3.05) is 34.4 Å². The number of methoxy groups -OCH3 is 1. The van der Waals surface area contributed by atoms with Gasteiger partial charge in [0.15, 0.2) is 0 Å². The van der Waals surface area contributed by atoms with E-state index in [0.29, 0.717) is 6.04 Å². The van der Waals surface area contributed by atoms with Crippen molar-refractivity contribution in [1.29, 1.82) is 0 Å². The molecule has 0 aliphatic carbocycles. The summed E-state index contributed by atoms with van der Waals surface area (Å²) in [5.41, 5.74) is 0. The van der Waals surface area contributed by atoms with Crippen LogP contribution >= 0.6 is 0 Å². The van der Waals surface area contributed by atoms with Crippen molar-refractivity contribution in [3.63, 3.8) is 0 Å². The summed E-state index contributed by atoms with van der Waals surface area (Å²) in [4.78, 5) is 2.14. The largest absolute Gasteiger partial charge is 0.377 e. The predicted octanol–water partition coefficient (Wildman–Crippen LogP) is -0.0382. The van der Waals surface area contributed by atoms with Crippen LogP contribution in [0.2, 0.25) is 0 Å². The average Bonchev–Trinajstić information content (AvgIpc) is 2.33. The summed E-state index contributed by atoms with van der Waals surface area (Å²) >= 11 is 0. The molecule has 0 aromatic carbocycles. The van der Waals surface area contributed by atoms with E-state index in [0.717, 1.165) is 13.2 Å². The van der Waals surface area contributed by atoms with Crippen molar-refractivity contribution in [3.05, 3.63) is 0 Å². The van der Waals surface area contributed by atoms with E-state index in [2.05, 4.69) is 4.90 Å².